The van der Waals surface area contributed by atoms with Crippen LogP contribution in [-0.4, -0.2) is 28.9 Å². The highest BCUT2D eigenvalue weighted by Gasteiger charge is 2.15. The lowest BCUT2D eigenvalue weighted by molar-refractivity contribution is 0.472. The molecule has 0 atom stereocenters. The van der Waals surface area contributed by atoms with Crippen LogP contribution in [0.5, 0.6) is 0 Å². The van der Waals surface area contributed by atoms with Gasteiger partial charge in [-0.2, -0.15) is 5.10 Å². The second-order valence-corrected chi connectivity index (χ2v) is 2.90. The smallest absolute Gasteiger partial charge is 0.0729 e. The summed E-state index contributed by atoms with van der Waals surface area (Å²) in [5, 5.41) is 10.6. The Kier molecular flexibility index (Phi) is 1.54. The van der Waals surface area contributed by atoms with Crippen molar-refractivity contribution in [1.29, 1.82) is 0 Å². The first kappa shape index (κ1) is 6.67. The number of rotatable bonds is 2. The first-order valence-corrected chi connectivity index (χ1v) is 3.80. The second kappa shape index (κ2) is 2.54. The summed E-state index contributed by atoms with van der Waals surface area (Å²) in [6.07, 6.45) is 3.83. The fraction of sp³-hybridized carbons (Fsp3) is 0.571. The molecule has 0 aliphatic carbocycles. The SMILES string of the molecule is Cn1cc(NC2CNC2)cn1. The topological polar surface area (TPSA) is 41.9 Å². The van der Waals surface area contributed by atoms with Crippen molar-refractivity contribution >= 4 is 5.69 Å². The monoisotopic (exact) mass is 152 g/mol. The molecule has 1 aromatic rings. The molecule has 1 fully saturated rings. The van der Waals surface area contributed by atoms with E-state index < -0.39 is 0 Å². The standard InChI is InChI=1S/C7H12N4/c1-11-5-7(4-9-11)10-6-2-8-3-6/h4-6,8,10H,2-3H2,1H3. The van der Waals surface area contributed by atoms with Crippen LogP contribution >= 0.6 is 0 Å². The van der Waals surface area contributed by atoms with Gasteiger partial charge in [0, 0.05) is 26.3 Å². The van der Waals surface area contributed by atoms with Crippen LogP contribution in [-0.2, 0) is 7.05 Å². The van der Waals surface area contributed by atoms with Crippen molar-refractivity contribution in [3.63, 3.8) is 0 Å². The molecule has 2 rings (SSSR count). The van der Waals surface area contributed by atoms with Crippen LogP contribution in [0.3, 0.4) is 0 Å². The molecule has 0 radical (unpaired) electrons. The third-order valence-electron chi connectivity index (χ3n) is 1.86. The highest BCUT2D eigenvalue weighted by Crippen LogP contribution is 2.07. The van der Waals surface area contributed by atoms with Crippen molar-refractivity contribution in [3.8, 4) is 0 Å². The van der Waals surface area contributed by atoms with Crippen LogP contribution < -0.4 is 10.6 Å². The summed E-state index contributed by atoms with van der Waals surface area (Å²) in [7, 11) is 1.92. The minimum absolute atomic E-state index is 0.596. The molecule has 1 aliphatic rings. The highest BCUT2D eigenvalue weighted by molar-refractivity contribution is 5.40. The Bertz CT molecular complexity index is 238. The van der Waals surface area contributed by atoms with Gasteiger partial charge in [0.2, 0.25) is 0 Å². The molecule has 1 aliphatic heterocycles. The molecule has 0 amide bonds. The van der Waals surface area contributed by atoms with Crippen LogP contribution in [0.25, 0.3) is 0 Å². The van der Waals surface area contributed by atoms with Crippen LogP contribution in [0.4, 0.5) is 5.69 Å². The molecule has 0 unspecified atom stereocenters. The lowest BCUT2D eigenvalue weighted by atomic mass is 10.2. The average molecular weight is 152 g/mol. The van der Waals surface area contributed by atoms with Gasteiger partial charge in [-0.3, -0.25) is 4.68 Å². The van der Waals surface area contributed by atoms with E-state index in [0.29, 0.717) is 6.04 Å². The van der Waals surface area contributed by atoms with Gasteiger partial charge in [0.1, 0.15) is 0 Å². The first-order valence-electron chi connectivity index (χ1n) is 3.80. The number of nitrogens with one attached hydrogen (secondary N) is 2. The van der Waals surface area contributed by atoms with Gasteiger partial charge >= 0.3 is 0 Å². The maximum absolute atomic E-state index is 4.06. The van der Waals surface area contributed by atoms with E-state index in [2.05, 4.69) is 15.7 Å². The Morgan fingerprint density at radius 2 is 2.55 bits per heavy atom. The van der Waals surface area contributed by atoms with Crippen molar-refractivity contribution in [2.45, 2.75) is 6.04 Å². The van der Waals surface area contributed by atoms with E-state index in [4.69, 9.17) is 0 Å². The molecule has 0 spiro atoms. The fourth-order valence-electron chi connectivity index (χ4n) is 1.12. The third-order valence-corrected chi connectivity index (χ3v) is 1.86. The number of hydrogen-bond acceptors (Lipinski definition) is 3. The van der Waals surface area contributed by atoms with E-state index >= 15 is 0 Å². The van der Waals surface area contributed by atoms with Crippen LogP contribution in [0, 0.1) is 0 Å². The summed E-state index contributed by atoms with van der Waals surface area (Å²) < 4.78 is 1.80. The Morgan fingerprint density at radius 3 is 3.00 bits per heavy atom. The van der Waals surface area contributed by atoms with Gasteiger partial charge in [-0.25, -0.2) is 0 Å². The van der Waals surface area contributed by atoms with E-state index in [-0.39, 0.29) is 0 Å². The van der Waals surface area contributed by atoms with Crippen molar-refractivity contribution in [1.82, 2.24) is 15.1 Å². The summed E-state index contributed by atoms with van der Waals surface area (Å²) in [4.78, 5) is 0. The summed E-state index contributed by atoms with van der Waals surface area (Å²) in [5.74, 6) is 0. The van der Waals surface area contributed by atoms with Crippen LogP contribution in [0.15, 0.2) is 12.4 Å². The van der Waals surface area contributed by atoms with E-state index in [0.717, 1.165) is 18.8 Å². The summed E-state index contributed by atoms with van der Waals surface area (Å²) in [6.45, 7) is 2.13. The molecule has 4 nitrogen and oxygen atoms in total. The molecule has 11 heavy (non-hydrogen) atoms. The van der Waals surface area contributed by atoms with Gasteiger partial charge in [-0.1, -0.05) is 0 Å². The predicted molar refractivity (Wildman–Crippen MR) is 43.5 cm³/mol. The Morgan fingerprint density at radius 1 is 1.73 bits per heavy atom. The van der Waals surface area contributed by atoms with Gasteiger partial charge in [0.05, 0.1) is 17.9 Å². The van der Waals surface area contributed by atoms with E-state index in [1.54, 1.807) is 4.68 Å². The molecule has 0 aromatic carbocycles. The van der Waals surface area contributed by atoms with Crippen molar-refractivity contribution in [2.24, 2.45) is 7.05 Å². The second-order valence-electron chi connectivity index (χ2n) is 2.90. The summed E-state index contributed by atoms with van der Waals surface area (Å²) in [5.41, 5.74) is 1.11. The zero-order chi connectivity index (χ0) is 7.68. The first-order chi connectivity index (χ1) is 5.34. The van der Waals surface area contributed by atoms with Gasteiger partial charge in [-0.05, 0) is 0 Å². The summed E-state index contributed by atoms with van der Waals surface area (Å²) >= 11 is 0. The van der Waals surface area contributed by atoms with Crippen molar-refractivity contribution < 1.29 is 0 Å². The van der Waals surface area contributed by atoms with Gasteiger partial charge in [0.15, 0.2) is 0 Å². The minimum atomic E-state index is 0.596. The zero-order valence-corrected chi connectivity index (χ0v) is 6.54. The maximum atomic E-state index is 4.06. The Hall–Kier alpha value is -1.03. The van der Waals surface area contributed by atoms with E-state index in [9.17, 15) is 0 Å². The average Bonchev–Trinajstić information content (AvgIpc) is 2.27. The molecule has 60 valence electrons. The van der Waals surface area contributed by atoms with Crippen molar-refractivity contribution in [3.05, 3.63) is 12.4 Å². The van der Waals surface area contributed by atoms with Gasteiger partial charge in [0.25, 0.3) is 0 Å². The molecule has 2 heterocycles. The lowest BCUT2D eigenvalue weighted by Crippen LogP contribution is -2.51. The molecule has 1 saturated heterocycles. The Labute approximate surface area is 65.6 Å². The third kappa shape index (κ3) is 1.35. The van der Waals surface area contributed by atoms with Crippen LogP contribution in [0.2, 0.25) is 0 Å². The van der Waals surface area contributed by atoms with E-state index in [1.807, 2.05) is 19.4 Å². The van der Waals surface area contributed by atoms with Crippen LogP contribution in [0.1, 0.15) is 0 Å². The molecule has 0 saturated carbocycles. The zero-order valence-electron chi connectivity index (χ0n) is 6.54. The molecule has 0 bridgehead atoms. The molecule has 1 aromatic heterocycles. The van der Waals surface area contributed by atoms with Crippen molar-refractivity contribution in [2.75, 3.05) is 18.4 Å². The number of hydrogen-bond donors (Lipinski definition) is 2. The number of aryl methyl sites for hydroxylation is 1. The summed E-state index contributed by atoms with van der Waals surface area (Å²) in [6, 6.07) is 0.596. The fourth-order valence-corrected chi connectivity index (χ4v) is 1.12. The minimum Gasteiger partial charge on any atom is -0.377 e. The predicted octanol–water partition coefficient (Wildman–Crippen LogP) is -0.196. The van der Waals surface area contributed by atoms with E-state index in [1.165, 1.54) is 0 Å². The lowest BCUT2D eigenvalue weighted by Gasteiger charge is -2.28. The largest absolute Gasteiger partial charge is 0.377 e. The quantitative estimate of drug-likeness (QED) is 0.617. The van der Waals surface area contributed by atoms with Gasteiger partial charge in [-0.15, -0.1) is 0 Å². The molecular weight excluding hydrogens is 140 g/mol. The highest BCUT2D eigenvalue weighted by atomic mass is 15.3. The molecule has 4 heteroatoms. The molecule has 2 N–H and O–H groups in total. The normalized spacial score (nSPS) is 17.9. The molecular formula is C7H12N4. The maximum Gasteiger partial charge on any atom is 0.0729 e. The number of nitrogens with zero attached hydrogens (tertiary/aromatic N) is 2. The number of anilines is 1. The van der Waals surface area contributed by atoms with Gasteiger partial charge < -0.3 is 10.6 Å². The Balaban J connectivity index is 1.95. The number of aromatic nitrogens is 2.